The van der Waals surface area contributed by atoms with Crippen LogP contribution in [0.3, 0.4) is 0 Å². The second kappa shape index (κ2) is 30.3. The molecule has 0 aromatic heterocycles. The van der Waals surface area contributed by atoms with Crippen LogP contribution in [-0.4, -0.2) is 20.4 Å². The minimum Gasteiger partial charge on any atom is -0.307 e. The zero-order chi connectivity index (χ0) is 10.4. The van der Waals surface area contributed by atoms with Gasteiger partial charge in [-0.15, -0.1) is 6.42 Å². The van der Waals surface area contributed by atoms with Crippen molar-refractivity contribution in [2.24, 2.45) is 0 Å². The van der Waals surface area contributed by atoms with Crippen LogP contribution >= 0.6 is 0 Å². The molecule has 0 aliphatic heterocycles. The third kappa shape index (κ3) is 24.7. The van der Waals surface area contributed by atoms with E-state index in [2.05, 4.69) is 25.2 Å². The molecule has 1 rings (SSSR count). The van der Waals surface area contributed by atoms with E-state index in [1.807, 2.05) is 20.4 Å². The Morgan fingerprint density at radius 3 is 1.62 bits per heavy atom. The molecule has 4 heteroatoms. The average Bonchev–Trinajstić information content (AvgIpc) is 2.66. The van der Waals surface area contributed by atoms with E-state index in [4.69, 9.17) is 14.4 Å². The van der Waals surface area contributed by atoms with Gasteiger partial charge >= 0.3 is 0 Å². The maximum atomic E-state index is 8.00. The van der Waals surface area contributed by atoms with Crippen LogP contribution in [0.4, 0.5) is 0 Å². The first-order chi connectivity index (χ1) is 5.89. The predicted molar refractivity (Wildman–Crippen MR) is 47.6 cm³/mol. The van der Waals surface area contributed by atoms with Crippen molar-refractivity contribution in [1.29, 1.82) is 0 Å². The van der Waals surface area contributed by atoms with E-state index in [1.165, 1.54) is 5.57 Å². The zero-order valence-corrected chi connectivity index (χ0v) is 9.62. The van der Waals surface area contributed by atoms with Crippen LogP contribution in [0.25, 0.3) is 0 Å². The van der Waals surface area contributed by atoms with Crippen molar-refractivity contribution in [3.05, 3.63) is 23.8 Å². The maximum Gasteiger partial charge on any atom is 0.106 e. The smallest absolute Gasteiger partial charge is 0.106 e. The Morgan fingerprint density at radius 1 is 1.15 bits per heavy atom. The van der Waals surface area contributed by atoms with Crippen LogP contribution in [0, 0.1) is 6.08 Å². The van der Waals surface area contributed by atoms with E-state index < -0.39 is 0 Å². The molecule has 0 unspecified atom stereocenters. The second-order valence-electron chi connectivity index (χ2n) is 1.47. The first kappa shape index (κ1) is 22.8. The zero-order valence-electron chi connectivity index (χ0n) is 7.62. The minimum atomic E-state index is 0. The molecule has 74 valence electrons. The molecular weight excluding hydrogens is 252 g/mol. The van der Waals surface area contributed by atoms with Crippen molar-refractivity contribution in [1.82, 2.24) is 0 Å². The van der Waals surface area contributed by atoms with Gasteiger partial charge in [0.1, 0.15) is 20.4 Å². The SMILES string of the molecule is C=O.C=O.C=O.CC1=[C-]CC=C1.[Mo]. The van der Waals surface area contributed by atoms with Crippen molar-refractivity contribution in [3.8, 4) is 0 Å². The number of rotatable bonds is 0. The maximum absolute atomic E-state index is 8.00. The van der Waals surface area contributed by atoms with Crippen molar-refractivity contribution in [2.75, 3.05) is 0 Å². The predicted octanol–water partition coefficient (Wildman–Crippen LogP) is 1.14. The summed E-state index contributed by atoms with van der Waals surface area (Å²) in [5.74, 6) is 0. The van der Waals surface area contributed by atoms with Gasteiger partial charge in [-0.1, -0.05) is 6.92 Å². The van der Waals surface area contributed by atoms with Gasteiger partial charge in [-0.2, -0.15) is 6.08 Å². The molecule has 0 aromatic rings. The fourth-order valence-corrected chi connectivity index (χ4v) is 0.515. The van der Waals surface area contributed by atoms with Gasteiger partial charge in [0.15, 0.2) is 0 Å². The summed E-state index contributed by atoms with van der Waals surface area (Å²) in [5.41, 5.74) is 1.27. The van der Waals surface area contributed by atoms with Gasteiger partial charge in [0.2, 0.25) is 0 Å². The van der Waals surface area contributed by atoms with Gasteiger partial charge in [0, 0.05) is 21.1 Å². The standard InChI is InChI=1S/C6H7.3CH2O.Mo/c1-6-4-2-3-5-6;3*1-2;/h2,4H,3H2,1H3;3*1H2;/q-1;;;;. The van der Waals surface area contributed by atoms with Gasteiger partial charge in [-0.3, -0.25) is 6.08 Å². The third-order valence-electron chi connectivity index (χ3n) is 0.867. The van der Waals surface area contributed by atoms with Gasteiger partial charge < -0.3 is 14.4 Å². The molecule has 0 amide bonds. The van der Waals surface area contributed by atoms with Crippen LogP contribution in [0.1, 0.15) is 13.3 Å². The molecule has 0 aromatic carbocycles. The quantitative estimate of drug-likeness (QED) is 0.487. The van der Waals surface area contributed by atoms with Crippen LogP contribution in [-0.2, 0) is 35.4 Å². The van der Waals surface area contributed by atoms with Crippen LogP contribution < -0.4 is 0 Å². The molecule has 0 spiro atoms. The number of allylic oxidation sites excluding steroid dienone is 4. The molecule has 0 radical (unpaired) electrons. The Kier molecular flexibility index (Phi) is 53.1. The van der Waals surface area contributed by atoms with Crippen molar-refractivity contribution < 1.29 is 35.4 Å². The molecule has 0 bridgehead atoms. The molecule has 0 saturated heterocycles. The third-order valence-corrected chi connectivity index (χ3v) is 0.867. The van der Waals surface area contributed by atoms with Crippen molar-refractivity contribution >= 4 is 20.4 Å². The Morgan fingerprint density at radius 2 is 1.54 bits per heavy atom. The topological polar surface area (TPSA) is 51.2 Å². The van der Waals surface area contributed by atoms with E-state index in [9.17, 15) is 0 Å². The summed E-state index contributed by atoms with van der Waals surface area (Å²) in [6, 6.07) is 0. The first-order valence-electron chi connectivity index (χ1n) is 3.00. The summed E-state index contributed by atoms with van der Waals surface area (Å²) in [4.78, 5) is 24.0. The molecule has 0 heterocycles. The molecule has 3 nitrogen and oxygen atoms in total. The normalized spacial score (nSPS) is 9.46. The monoisotopic (exact) mass is 267 g/mol. The Balaban J connectivity index is -0.0000000508. The minimum absolute atomic E-state index is 0. The van der Waals surface area contributed by atoms with E-state index in [-0.39, 0.29) is 21.1 Å². The van der Waals surface area contributed by atoms with Gasteiger partial charge in [-0.25, -0.2) is 11.6 Å². The summed E-state index contributed by atoms with van der Waals surface area (Å²) in [5, 5.41) is 0. The fraction of sp³-hybridized carbons (Fsp3) is 0.222. The van der Waals surface area contributed by atoms with Gasteiger partial charge in [0.05, 0.1) is 0 Å². The first-order valence-corrected chi connectivity index (χ1v) is 3.00. The van der Waals surface area contributed by atoms with E-state index in [0.29, 0.717) is 0 Å². The van der Waals surface area contributed by atoms with Gasteiger partial charge in [-0.05, 0) is 0 Å². The summed E-state index contributed by atoms with van der Waals surface area (Å²) < 4.78 is 0. The number of carbonyl (C=O) groups is 3. The Bertz CT molecular complexity index is 136. The van der Waals surface area contributed by atoms with Gasteiger partial charge in [0.25, 0.3) is 0 Å². The van der Waals surface area contributed by atoms with E-state index in [0.717, 1.165) is 6.42 Å². The molecule has 0 fully saturated rings. The molecule has 0 atom stereocenters. The molecule has 0 saturated carbocycles. The van der Waals surface area contributed by atoms with Crippen LogP contribution in [0.15, 0.2) is 17.7 Å². The molecule has 1 aliphatic carbocycles. The Hall–Kier alpha value is -0.822. The van der Waals surface area contributed by atoms with E-state index in [1.54, 1.807) is 0 Å². The van der Waals surface area contributed by atoms with Crippen molar-refractivity contribution in [2.45, 2.75) is 13.3 Å². The largest absolute Gasteiger partial charge is 0.307 e. The summed E-state index contributed by atoms with van der Waals surface area (Å²) in [6.45, 7) is 8.06. The number of carbonyl (C=O) groups excluding carboxylic acids is 3. The van der Waals surface area contributed by atoms with Crippen LogP contribution in [0.2, 0.25) is 0 Å². The molecule has 1 aliphatic rings. The summed E-state index contributed by atoms with van der Waals surface area (Å²) in [6.07, 6.45) is 8.33. The fourth-order valence-electron chi connectivity index (χ4n) is 0.515. The Labute approximate surface area is 93.2 Å². The summed E-state index contributed by atoms with van der Waals surface area (Å²) >= 11 is 0. The second-order valence-corrected chi connectivity index (χ2v) is 1.47. The average molecular weight is 265 g/mol. The molecular formula is C9H13MoO3-. The van der Waals surface area contributed by atoms with E-state index >= 15 is 0 Å². The van der Waals surface area contributed by atoms with Crippen molar-refractivity contribution in [3.63, 3.8) is 0 Å². The van der Waals surface area contributed by atoms with Crippen LogP contribution in [0.5, 0.6) is 0 Å². The number of hydrogen-bond donors (Lipinski definition) is 0. The molecule has 0 N–H and O–H groups in total. The summed E-state index contributed by atoms with van der Waals surface area (Å²) in [7, 11) is 0. The molecule has 13 heavy (non-hydrogen) atoms. The number of hydrogen-bond acceptors (Lipinski definition) is 3.